The summed E-state index contributed by atoms with van der Waals surface area (Å²) in [6, 6.07) is 17.1. The molecule has 6 rings (SSSR count). The lowest BCUT2D eigenvalue weighted by Gasteiger charge is -2.31. The van der Waals surface area contributed by atoms with Gasteiger partial charge in [-0.05, 0) is 110 Å². The van der Waals surface area contributed by atoms with Crippen LogP contribution in [0.1, 0.15) is 99.7 Å². The van der Waals surface area contributed by atoms with E-state index in [1.165, 1.54) is 40.5 Å². The van der Waals surface area contributed by atoms with Crippen LogP contribution in [0.5, 0.6) is 5.75 Å². The van der Waals surface area contributed by atoms with Crippen molar-refractivity contribution in [3.63, 3.8) is 0 Å². The van der Waals surface area contributed by atoms with Crippen LogP contribution in [0, 0.1) is 0 Å². The number of hydrogen-bond donors (Lipinski definition) is 8. The van der Waals surface area contributed by atoms with E-state index in [4.69, 9.17) is 4.74 Å². The predicted octanol–water partition coefficient (Wildman–Crippen LogP) is 4.90. The number of thiophene rings is 1. The standard InChI is InChI=1S/C54H64N6O14S2/c1-5-74-43-25-23-34-12-6-7-14-37(34)47(43)52(69)58-40(28-32-19-21-33(22-20-32)31-76(71,72)73)48(65)56-39(24-26-46(63)64)53(70)60-27-11-16-42(60)51(68)57-41(29-35-30-75-44-17-9-8-13-36(35)44)49(66)55-38(15-10-18-45(61)62)50(67)59-54(2,3)4/h6-9,12-14,17,19-23,25,30,38-42H,5,10-11,15-16,18,24,26-29,31H2,1-4H3,(H,55,66)(H,56,65)(H,57,68)(H,58,69)(H,59,67)(H,61,62)(H,63,64)(H,71,72,73)/t38-,39-,40-,41-,42-/m0/s1. The Morgan fingerprint density at radius 3 is 2.01 bits per heavy atom. The number of aliphatic carboxylic acids is 2. The zero-order valence-corrected chi connectivity index (χ0v) is 44.3. The Bertz CT molecular complexity index is 3060. The van der Waals surface area contributed by atoms with Gasteiger partial charge < -0.3 is 46.4 Å². The zero-order valence-electron chi connectivity index (χ0n) is 42.6. The van der Waals surface area contributed by atoms with Gasteiger partial charge in [0, 0.05) is 42.5 Å². The molecule has 1 saturated heterocycles. The van der Waals surface area contributed by atoms with Crippen LogP contribution < -0.4 is 31.3 Å². The molecule has 0 saturated carbocycles. The number of carbonyl (C=O) groups is 8. The number of fused-ring (bicyclic) bond motifs is 2. The van der Waals surface area contributed by atoms with Gasteiger partial charge in [-0.25, -0.2) is 0 Å². The van der Waals surface area contributed by atoms with Crippen molar-refractivity contribution in [3.05, 3.63) is 113 Å². The third kappa shape index (κ3) is 16.3. The average molecular weight is 1090 g/mol. The first-order valence-electron chi connectivity index (χ1n) is 24.9. The van der Waals surface area contributed by atoms with E-state index in [1.54, 1.807) is 64.1 Å². The first kappa shape index (κ1) is 57.8. The SMILES string of the molecule is CCOc1ccc2ccccc2c1C(=O)N[C@@H](Cc1ccc(CS(=O)(=O)O)cc1)C(=O)N[C@@H](CCC(=O)O)C(=O)N1CCC[C@H]1C(=O)N[C@@H](Cc1csc2ccccc12)C(=O)N[C@@H](CCCC(=O)O)C(=O)NC(C)(C)C. The fourth-order valence-electron chi connectivity index (χ4n) is 9.06. The molecule has 1 aromatic heterocycles. The summed E-state index contributed by atoms with van der Waals surface area (Å²) in [6.07, 6.45) is -1.06. The smallest absolute Gasteiger partial charge is 0.303 e. The van der Waals surface area contributed by atoms with Crippen LogP contribution in [-0.2, 0) is 62.3 Å². The van der Waals surface area contributed by atoms with E-state index in [1.807, 2.05) is 29.6 Å². The molecule has 1 fully saturated rings. The number of nitrogens with one attached hydrogen (secondary N) is 5. The number of carbonyl (C=O) groups excluding carboxylic acids is 6. The van der Waals surface area contributed by atoms with Gasteiger partial charge in [0.05, 0.1) is 12.2 Å². The molecule has 22 heteroatoms. The molecular weight excluding hydrogens is 1020 g/mol. The molecule has 0 bridgehead atoms. The number of nitrogens with zero attached hydrogens (tertiary/aromatic N) is 1. The summed E-state index contributed by atoms with van der Waals surface area (Å²) in [5.41, 5.74) is 0.793. The number of likely N-dealkylation sites (tertiary alicyclic amines) is 1. The minimum absolute atomic E-state index is 0.0123. The fraction of sp³-hybridized carbons (Fsp3) is 0.407. The first-order valence-corrected chi connectivity index (χ1v) is 27.4. The van der Waals surface area contributed by atoms with Gasteiger partial charge in [-0.3, -0.25) is 42.9 Å². The number of benzene rings is 4. The van der Waals surface area contributed by atoms with Gasteiger partial charge in [0.2, 0.25) is 29.5 Å². The second-order valence-corrected chi connectivity index (χ2v) is 22.0. The van der Waals surface area contributed by atoms with E-state index < -0.39 is 112 Å². The Morgan fingerprint density at radius 2 is 1.36 bits per heavy atom. The monoisotopic (exact) mass is 1080 g/mol. The number of ether oxygens (including phenoxy) is 1. The van der Waals surface area contributed by atoms with E-state index in [-0.39, 0.29) is 68.6 Å². The van der Waals surface area contributed by atoms with Crippen molar-refractivity contribution in [2.24, 2.45) is 0 Å². The van der Waals surface area contributed by atoms with E-state index >= 15 is 0 Å². The Balaban J connectivity index is 1.28. The minimum atomic E-state index is -4.38. The number of carboxylic acid groups (broad SMARTS) is 2. The number of amides is 6. The van der Waals surface area contributed by atoms with Gasteiger partial charge >= 0.3 is 11.9 Å². The molecule has 0 aliphatic carbocycles. The van der Waals surface area contributed by atoms with Crippen molar-refractivity contribution >= 4 is 89.7 Å². The third-order valence-electron chi connectivity index (χ3n) is 12.6. The predicted molar refractivity (Wildman–Crippen MR) is 284 cm³/mol. The maximum Gasteiger partial charge on any atom is 0.303 e. The summed E-state index contributed by atoms with van der Waals surface area (Å²) >= 11 is 1.43. The lowest BCUT2D eigenvalue weighted by atomic mass is 10.00. The molecule has 5 aromatic rings. The lowest BCUT2D eigenvalue weighted by molar-refractivity contribution is -0.143. The van der Waals surface area contributed by atoms with Crippen molar-refractivity contribution in [3.8, 4) is 5.75 Å². The van der Waals surface area contributed by atoms with Gasteiger partial charge in [-0.1, -0.05) is 72.8 Å². The third-order valence-corrected chi connectivity index (χ3v) is 14.3. The molecule has 1 aliphatic rings. The molecule has 0 radical (unpaired) electrons. The molecule has 20 nitrogen and oxygen atoms in total. The van der Waals surface area contributed by atoms with Crippen LogP contribution in [0.15, 0.2) is 90.3 Å². The second kappa shape index (κ2) is 25.9. The normalized spacial score (nSPS) is 15.2. The Labute approximate surface area is 444 Å². The van der Waals surface area contributed by atoms with Crippen LogP contribution in [-0.4, -0.2) is 124 Å². The molecule has 6 amide bonds. The highest BCUT2D eigenvalue weighted by atomic mass is 32.2. The Morgan fingerprint density at radius 1 is 0.724 bits per heavy atom. The van der Waals surface area contributed by atoms with Gasteiger partial charge in [0.15, 0.2) is 0 Å². The molecule has 4 aromatic carbocycles. The Hall–Kier alpha value is -7.43. The summed E-state index contributed by atoms with van der Waals surface area (Å²) < 4.78 is 39.4. The van der Waals surface area contributed by atoms with Crippen LogP contribution >= 0.6 is 11.3 Å². The van der Waals surface area contributed by atoms with Crippen LogP contribution in [0.25, 0.3) is 20.9 Å². The molecule has 2 heterocycles. The number of hydrogen-bond acceptors (Lipinski definition) is 12. The number of carboxylic acids is 2. The second-order valence-electron chi connectivity index (χ2n) is 19.7. The summed E-state index contributed by atoms with van der Waals surface area (Å²) in [4.78, 5) is 111. The maximum absolute atomic E-state index is 14.8. The maximum atomic E-state index is 14.8. The average Bonchev–Trinajstić information content (AvgIpc) is 4.02. The molecule has 76 heavy (non-hydrogen) atoms. The molecule has 0 spiro atoms. The molecule has 1 aliphatic heterocycles. The van der Waals surface area contributed by atoms with Crippen molar-refractivity contribution < 1.29 is 66.3 Å². The molecule has 8 N–H and O–H groups in total. The van der Waals surface area contributed by atoms with Gasteiger partial charge in [0.1, 0.15) is 41.7 Å². The van der Waals surface area contributed by atoms with Crippen LogP contribution in [0.4, 0.5) is 0 Å². The molecular formula is C54H64N6O14S2. The van der Waals surface area contributed by atoms with Crippen molar-refractivity contribution in [2.45, 2.75) is 127 Å². The zero-order chi connectivity index (χ0) is 55.3. The van der Waals surface area contributed by atoms with E-state index in [0.717, 1.165) is 10.1 Å². The summed E-state index contributed by atoms with van der Waals surface area (Å²) in [6.45, 7) is 7.20. The minimum Gasteiger partial charge on any atom is -0.493 e. The van der Waals surface area contributed by atoms with Gasteiger partial charge in [-0.2, -0.15) is 8.42 Å². The lowest BCUT2D eigenvalue weighted by Crippen LogP contribution is -2.59. The van der Waals surface area contributed by atoms with Crippen molar-refractivity contribution in [1.82, 2.24) is 31.5 Å². The van der Waals surface area contributed by atoms with Crippen molar-refractivity contribution in [1.29, 1.82) is 0 Å². The van der Waals surface area contributed by atoms with E-state index in [0.29, 0.717) is 28.3 Å². The van der Waals surface area contributed by atoms with E-state index in [2.05, 4.69) is 26.6 Å². The number of rotatable bonds is 25. The van der Waals surface area contributed by atoms with Crippen molar-refractivity contribution in [2.75, 3.05) is 13.2 Å². The molecule has 5 atom stereocenters. The highest BCUT2D eigenvalue weighted by molar-refractivity contribution is 7.85. The molecule has 0 unspecified atom stereocenters. The summed E-state index contributed by atoms with van der Waals surface area (Å²) in [5.74, 6) is -7.28. The quantitative estimate of drug-likeness (QED) is 0.0361. The summed E-state index contributed by atoms with van der Waals surface area (Å²) in [7, 11) is -4.38. The van der Waals surface area contributed by atoms with E-state index in [9.17, 15) is 61.5 Å². The van der Waals surface area contributed by atoms with Gasteiger partial charge in [-0.15, -0.1) is 11.3 Å². The highest BCUT2D eigenvalue weighted by Crippen LogP contribution is 2.30. The highest BCUT2D eigenvalue weighted by Gasteiger charge is 2.40. The van der Waals surface area contributed by atoms with Crippen LogP contribution in [0.2, 0.25) is 0 Å². The van der Waals surface area contributed by atoms with Crippen LogP contribution in [0.3, 0.4) is 0 Å². The van der Waals surface area contributed by atoms with Gasteiger partial charge in [0.25, 0.3) is 16.0 Å². The topological polar surface area (TPSA) is 304 Å². The molecule has 406 valence electrons. The first-order chi connectivity index (χ1) is 36.0. The largest absolute Gasteiger partial charge is 0.493 e. The Kier molecular flexibility index (Phi) is 19.7. The summed E-state index contributed by atoms with van der Waals surface area (Å²) in [5, 5.41) is 36.9. The fourth-order valence-corrected chi connectivity index (χ4v) is 10.7.